The number of carbonyl (C=O) groups is 2. The maximum atomic E-state index is 14.1. The highest BCUT2D eigenvalue weighted by molar-refractivity contribution is 5.93. The quantitative estimate of drug-likeness (QED) is 0.759. The van der Waals surface area contributed by atoms with E-state index in [9.17, 15) is 14.0 Å². The molecule has 0 aliphatic heterocycles. The lowest BCUT2D eigenvalue weighted by Gasteiger charge is -2.24. The highest BCUT2D eigenvalue weighted by Crippen LogP contribution is 2.23. The number of benzene rings is 1. The topological polar surface area (TPSA) is 61.2 Å². The number of carbonyl (C=O) groups excluding carboxylic acids is 2. The second kappa shape index (κ2) is 6.95. The van der Waals surface area contributed by atoms with Crippen LogP contribution in [0, 0.1) is 5.95 Å². The number of hydrogen-bond acceptors (Lipinski definition) is 4. The standard InChI is InChI=1S/C18H21FN2O3/c1-5-14(22)18(3,4)24-17(23)15-16(19)20-11-21(15)12(2)13-9-7-6-8-10-13/h6-12H,5H2,1-4H3/t12-/m1/s1. The maximum Gasteiger partial charge on any atom is 0.360 e. The van der Waals surface area contributed by atoms with Gasteiger partial charge < -0.3 is 9.30 Å². The molecule has 24 heavy (non-hydrogen) atoms. The summed E-state index contributed by atoms with van der Waals surface area (Å²) in [6, 6.07) is 9.04. The Kier molecular flexibility index (Phi) is 5.17. The van der Waals surface area contributed by atoms with E-state index in [1.165, 1.54) is 24.7 Å². The summed E-state index contributed by atoms with van der Waals surface area (Å²) in [6.45, 7) is 6.50. The van der Waals surface area contributed by atoms with Crippen LogP contribution in [0.4, 0.5) is 4.39 Å². The Labute approximate surface area is 140 Å². The molecule has 2 aromatic rings. The highest BCUT2D eigenvalue weighted by Gasteiger charge is 2.34. The number of imidazole rings is 1. The molecule has 1 aromatic heterocycles. The molecule has 0 N–H and O–H groups in total. The number of aromatic nitrogens is 2. The zero-order chi connectivity index (χ0) is 17.9. The highest BCUT2D eigenvalue weighted by atomic mass is 19.1. The van der Waals surface area contributed by atoms with Gasteiger partial charge in [0.1, 0.15) is 0 Å². The molecule has 0 aliphatic carbocycles. The predicted molar refractivity (Wildman–Crippen MR) is 87.2 cm³/mol. The first-order valence-corrected chi connectivity index (χ1v) is 7.81. The van der Waals surface area contributed by atoms with Gasteiger partial charge in [-0.1, -0.05) is 37.3 Å². The summed E-state index contributed by atoms with van der Waals surface area (Å²) < 4.78 is 20.7. The van der Waals surface area contributed by atoms with Crippen molar-refractivity contribution in [3.63, 3.8) is 0 Å². The normalized spacial score (nSPS) is 12.7. The Morgan fingerprint density at radius 3 is 2.50 bits per heavy atom. The van der Waals surface area contributed by atoms with Crippen molar-refractivity contribution in [3.05, 3.63) is 53.9 Å². The van der Waals surface area contributed by atoms with E-state index in [1.54, 1.807) is 6.92 Å². The molecule has 1 heterocycles. The van der Waals surface area contributed by atoms with E-state index in [0.29, 0.717) is 0 Å². The number of halogens is 1. The van der Waals surface area contributed by atoms with Crippen LogP contribution in [0.25, 0.3) is 0 Å². The van der Waals surface area contributed by atoms with Crippen LogP contribution < -0.4 is 0 Å². The van der Waals surface area contributed by atoms with Gasteiger partial charge in [-0.05, 0) is 26.3 Å². The van der Waals surface area contributed by atoms with Crippen molar-refractivity contribution in [3.8, 4) is 0 Å². The van der Waals surface area contributed by atoms with Crippen LogP contribution in [0.5, 0.6) is 0 Å². The van der Waals surface area contributed by atoms with Gasteiger partial charge in [0.25, 0.3) is 0 Å². The molecule has 5 nitrogen and oxygen atoms in total. The molecule has 0 amide bonds. The van der Waals surface area contributed by atoms with Gasteiger partial charge in [0.2, 0.25) is 5.95 Å². The summed E-state index contributed by atoms with van der Waals surface area (Å²) in [5.74, 6) is -2.06. The summed E-state index contributed by atoms with van der Waals surface area (Å²) in [6.07, 6.45) is 1.49. The van der Waals surface area contributed by atoms with Crippen LogP contribution in [0.3, 0.4) is 0 Å². The molecule has 0 aliphatic rings. The second-order valence-corrected chi connectivity index (χ2v) is 6.05. The summed E-state index contributed by atoms with van der Waals surface area (Å²) in [5, 5.41) is 0. The number of rotatable bonds is 6. The smallest absolute Gasteiger partial charge is 0.360 e. The lowest BCUT2D eigenvalue weighted by Crippen LogP contribution is -2.37. The van der Waals surface area contributed by atoms with Gasteiger partial charge in [0.05, 0.1) is 12.4 Å². The van der Waals surface area contributed by atoms with Crippen LogP contribution in [0.15, 0.2) is 36.7 Å². The average molecular weight is 332 g/mol. The Morgan fingerprint density at radius 2 is 1.92 bits per heavy atom. The summed E-state index contributed by atoms with van der Waals surface area (Å²) in [7, 11) is 0. The molecular weight excluding hydrogens is 311 g/mol. The van der Waals surface area contributed by atoms with E-state index in [2.05, 4.69) is 4.98 Å². The third kappa shape index (κ3) is 3.53. The minimum Gasteiger partial charge on any atom is -0.447 e. The van der Waals surface area contributed by atoms with E-state index < -0.39 is 17.5 Å². The number of Topliss-reactive ketones (excluding diaryl/α,β-unsaturated/α-hetero) is 1. The Morgan fingerprint density at radius 1 is 1.29 bits per heavy atom. The third-order valence-corrected chi connectivity index (χ3v) is 3.98. The van der Waals surface area contributed by atoms with Gasteiger partial charge >= 0.3 is 5.97 Å². The molecule has 2 rings (SSSR count). The van der Waals surface area contributed by atoms with Crippen molar-refractivity contribution < 1.29 is 18.7 Å². The van der Waals surface area contributed by atoms with Crippen LogP contribution >= 0.6 is 0 Å². The van der Waals surface area contributed by atoms with Crippen molar-refractivity contribution >= 4 is 11.8 Å². The summed E-state index contributed by atoms with van der Waals surface area (Å²) in [4.78, 5) is 27.9. The van der Waals surface area contributed by atoms with E-state index in [-0.39, 0.29) is 23.9 Å². The molecule has 0 saturated heterocycles. The van der Waals surface area contributed by atoms with E-state index in [1.807, 2.05) is 37.3 Å². The van der Waals surface area contributed by atoms with Gasteiger partial charge in [-0.25, -0.2) is 9.78 Å². The number of ketones is 1. The Hall–Kier alpha value is -2.50. The monoisotopic (exact) mass is 332 g/mol. The fraction of sp³-hybridized carbons (Fsp3) is 0.389. The van der Waals surface area contributed by atoms with Gasteiger partial charge in [0, 0.05) is 6.42 Å². The first-order valence-electron chi connectivity index (χ1n) is 7.81. The van der Waals surface area contributed by atoms with Crippen molar-refractivity contribution in [1.29, 1.82) is 0 Å². The first-order chi connectivity index (χ1) is 11.3. The largest absolute Gasteiger partial charge is 0.447 e. The van der Waals surface area contributed by atoms with Gasteiger partial charge in [0.15, 0.2) is 17.1 Å². The van der Waals surface area contributed by atoms with E-state index in [0.717, 1.165) is 5.56 Å². The van der Waals surface area contributed by atoms with Crippen LogP contribution in [0.1, 0.15) is 56.2 Å². The second-order valence-electron chi connectivity index (χ2n) is 6.05. The molecule has 6 heteroatoms. The van der Waals surface area contributed by atoms with Gasteiger partial charge in [-0.15, -0.1) is 0 Å². The van der Waals surface area contributed by atoms with Crippen molar-refractivity contribution in [2.75, 3.05) is 0 Å². The van der Waals surface area contributed by atoms with Gasteiger partial charge in [-0.2, -0.15) is 4.39 Å². The Bertz CT molecular complexity index is 738. The lowest BCUT2D eigenvalue weighted by atomic mass is 10.0. The number of ether oxygens (including phenoxy) is 1. The lowest BCUT2D eigenvalue weighted by molar-refractivity contribution is -0.134. The van der Waals surface area contributed by atoms with Crippen LogP contribution in [0.2, 0.25) is 0 Å². The third-order valence-electron chi connectivity index (χ3n) is 3.98. The van der Waals surface area contributed by atoms with Crippen molar-refractivity contribution in [2.24, 2.45) is 0 Å². The predicted octanol–water partition coefficient (Wildman–Crippen LogP) is 3.55. The summed E-state index contributed by atoms with van der Waals surface area (Å²) >= 11 is 0. The zero-order valence-electron chi connectivity index (χ0n) is 14.2. The molecule has 0 unspecified atom stereocenters. The van der Waals surface area contributed by atoms with Gasteiger partial charge in [-0.3, -0.25) is 4.79 Å². The molecule has 0 spiro atoms. The first kappa shape index (κ1) is 17.8. The van der Waals surface area contributed by atoms with E-state index >= 15 is 0 Å². The minimum absolute atomic E-state index is 0.225. The molecule has 0 fully saturated rings. The molecule has 0 radical (unpaired) electrons. The van der Waals surface area contributed by atoms with Crippen LogP contribution in [-0.4, -0.2) is 26.9 Å². The zero-order valence-corrected chi connectivity index (χ0v) is 14.2. The summed E-state index contributed by atoms with van der Waals surface area (Å²) in [5.41, 5.74) is -0.709. The molecular formula is C18H21FN2O3. The Balaban J connectivity index is 2.33. The molecule has 0 saturated carbocycles. The molecule has 1 aromatic carbocycles. The molecule has 0 bridgehead atoms. The average Bonchev–Trinajstić information content (AvgIpc) is 2.95. The number of hydrogen-bond donors (Lipinski definition) is 0. The fourth-order valence-electron chi connectivity index (χ4n) is 2.48. The van der Waals surface area contributed by atoms with Crippen molar-refractivity contribution in [1.82, 2.24) is 9.55 Å². The minimum atomic E-state index is -1.32. The van der Waals surface area contributed by atoms with Crippen LogP contribution in [-0.2, 0) is 9.53 Å². The number of esters is 1. The molecule has 128 valence electrons. The number of nitrogens with zero attached hydrogens (tertiary/aromatic N) is 2. The van der Waals surface area contributed by atoms with E-state index in [4.69, 9.17) is 4.74 Å². The SMILES string of the molecule is CCC(=O)C(C)(C)OC(=O)c1c(F)ncn1[C@H](C)c1ccccc1. The maximum absolute atomic E-state index is 14.1. The fourth-order valence-corrected chi connectivity index (χ4v) is 2.48. The molecule has 1 atom stereocenters. The van der Waals surface area contributed by atoms with Crippen molar-refractivity contribution in [2.45, 2.75) is 45.8 Å².